The molecule has 0 radical (unpaired) electrons. The summed E-state index contributed by atoms with van der Waals surface area (Å²) >= 11 is 2.24. The number of aryl methyl sites for hydroxylation is 1. The van der Waals surface area contributed by atoms with Gasteiger partial charge in [-0.3, -0.25) is 4.79 Å². The number of hydrogen-bond acceptors (Lipinski definition) is 5. The molecule has 0 saturated carbocycles. The molecule has 0 aliphatic carbocycles. The van der Waals surface area contributed by atoms with Crippen LogP contribution in [0.25, 0.3) is 0 Å². The molecule has 1 aromatic heterocycles. The first kappa shape index (κ1) is 15.5. The van der Waals surface area contributed by atoms with Crippen molar-refractivity contribution in [2.45, 2.75) is 11.8 Å². The van der Waals surface area contributed by atoms with Crippen LogP contribution in [0.2, 0.25) is 0 Å². The van der Waals surface area contributed by atoms with Crippen molar-refractivity contribution < 1.29 is 19.1 Å². The number of carbonyl (C=O) groups excluding carboxylic acids is 1. The molecule has 1 aromatic carbocycles. The van der Waals surface area contributed by atoms with Crippen LogP contribution >= 0.6 is 23.1 Å². The van der Waals surface area contributed by atoms with E-state index in [-0.39, 0.29) is 22.1 Å². The fraction of sp³-hybridized carbons (Fsp3) is 0.154. The molecule has 2 rings (SSSR count). The minimum absolute atomic E-state index is 0.0187. The summed E-state index contributed by atoms with van der Waals surface area (Å²) in [5.41, 5.74) is 0.790. The van der Waals surface area contributed by atoms with Gasteiger partial charge >= 0.3 is 5.97 Å². The standard InChI is InChI=1S/C13H11FN2O3S2/c1-7-5-21-13(15-7)16-11(17)6-20-10-4-8(12(18)19)2-3-9(10)14/h2-5H,6H2,1H3,(H,18,19)(H,15,16,17). The van der Waals surface area contributed by atoms with Crippen LogP contribution in [0.5, 0.6) is 0 Å². The molecule has 0 aliphatic heterocycles. The summed E-state index contributed by atoms with van der Waals surface area (Å²) in [7, 11) is 0. The van der Waals surface area contributed by atoms with E-state index < -0.39 is 11.8 Å². The van der Waals surface area contributed by atoms with Gasteiger partial charge in [-0.1, -0.05) is 0 Å². The van der Waals surface area contributed by atoms with Gasteiger partial charge < -0.3 is 10.4 Å². The summed E-state index contributed by atoms with van der Waals surface area (Å²) in [6.07, 6.45) is 0. The van der Waals surface area contributed by atoms with Gasteiger partial charge in [0, 0.05) is 10.3 Å². The zero-order valence-corrected chi connectivity index (χ0v) is 12.6. The van der Waals surface area contributed by atoms with Crippen LogP contribution in [0.4, 0.5) is 9.52 Å². The number of carboxylic acids is 1. The van der Waals surface area contributed by atoms with Crippen molar-refractivity contribution >= 4 is 40.1 Å². The Morgan fingerprint density at radius 2 is 2.24 bits per heavy atom. The highest BCUT2D eigenvalue weighted by Gasteiger charge is 2.11. The zero-order valence-electron chi connectivity index (χ0n) is 10.9. The number of aromatic carboxylic acids is 1. The van der Waals surface area contributed by atoms with Crippen LogP contribution in [0.3, 0.4) is 0 Å². The van der Waals surface area contributed by atoms with Crippen molar-refractivity contribution in [1.29, 1.82) is 0 Å². The van der Waals surface area contributed by atoms with Gasteiger partial charge in [-0.05, 0) is 25.1 Å². The second-order valence-electron chi connectivity index (χ2n) is 4.08. The maximum absolute atomic E-state index is 13.6. The second kappa shape index (κ2) is 6.68. The number of rotatable bonds is 5. The maximum atomic E-state index is 13.6. The number of hydrogen-bond donors (Lipinski definition) is 2. The van der Waals surface area contributed by atoms with Gasteiger partial charge in [0.15, 0.2) is 5.13 Å². The Kier molecular flexibility index (Phi) is 4.92. The van der Waals surface area contributed by atoms with Crippen molar-refractivity contribution in [3.05, 3.63) is 40.7 Å². The Morgan fingerprint density at radius 1 is 1.48 bits per heavy atom. The minimum Gasteiger partial charge on any atom is -0.478 e. The highest BCUT2D eigenvalue weighted by Crippen LogP contribution is 2.23. The third kappa shape index (κ3) is 4.27. The first-order chi connectivity index (χ1) is 9.95. The Hall–Kier alpha value is -1.93. The molecule has 0 saturated heterocycles. The SMILES string of the molecule is Cc1csc(NC(=O)CSc2cc(C(=O)O)ccc2F)n1. The predicted molar refractivity (Wildman–Crippen MR) is 79.6 cm³/mol. The monoisotopic (exact) mass is 326 g/mol. The van der Waals surface area contributed by atoms with E-state index in [2.05, 4.69) is 10.3 Å². The van der Waals surface area contributed by atoms with Gasteiger partial charge in [0.1, 0.15) is 5.82 Å². The average Bonchev–Trinajstić information content (AvgIpc) is 2.82. The zero-order chi connectivity index (χ0) is 15.4. The number of thiazole rings is 1. The van der Waals surface area contributed by atoms with E-state index >= 15 is 0 Å². The summed E-state index contributed by atoms with van der Waals surface area (Å²) in [5, 5.41) is 13.7. The predicted octanol–water partition coefficient (Wildman–Crippen LogP) is 3.02. The van der Waals surface area contributed by atoms with E-state index in [1.807, 2.05) is 6.92 Å². The molecule has 0 aliphatic rings. The highest BCUT2D eigenvalue weighted by molar-refractivity contribution is 8.00. The van der Waals surface area contributed by atoms with Crippen LogP contribution in [0.1, 0.15) is 16.1 Å². The van der Waals surface area contributed by atoms with Crippen LogP contribution in [-0.2, 0) is 4.79 Å². The number of amides is 1. The number of anilines is 1. The molecule has 1 amide bonds. The smallest absolute Gasteiger partial charge is 0.335 e. The number of halogens is 1. The number of carbonyl (C=O) groups is 2. The number of nitrogens with zero attached hydrogens (tertiary/aromatic N) is 1. The van der Waals surface area contributed by atoms with Gasteiger partial charge in [0.2, 0.25) is 5.91 Å². The number of benzene rings is 1. The van der Waals surface area contributed by atoms with E-state index in [1.165, 1.54) is 23.5 Å². The topological polar surface area (TPSA) is 79.3 Å². The third-order valence-electron chi connectivity index (χ3n) is 2.40. The van der Waals surface area contributed by atoms with Crippen LogP contribution < -0.4 is 5.32 Å². The molecular formula is C13H11FN2O3S2. The molecule has 0 fully saturated rings. The average molecular weight is 326 g/mol. The van der Waals surface area contributed by atoms with E-state index in [4.69, 9.17) is 5.11 Å². The summed E-state index contributed by atoms with van der Waals surface area (Å²) in [6.45, 7) is 1.81. The second-order valence-corrected chi connectivity index (χ2v) is 5.96. The van der Waals surface area contributed by atoms with Crippen LogP contribution in [-0.4, -0.2) is 27.7 Å². The molecule has 8 heteroatoms. The number of nitrogens with one attached hydrogen (secondary N) is 1. The Bertz CT molecular complexity index is 688. The third-order valence-corrected chi connectivity index (χ3v) is 4.31. The van der Waals surface area contributed by atoms with Gasteiger partial charge in [0.25, 0.3) is 0 Å². The van der Waals surface area contributed by atoms with Gasteiger partial charge in [-0.15, -0.1) is 23.1 Å². The first-order valence-corrected chi connectivity index (χ1v) is 7.70. The molecule has 0 unspecified atom stereocenters. The number of carboxylic acid groups (broad SMARTS) is 1. The van der Waals surface area contributed by atoms with Crippen molar-refractivity contribution in [2.75, 3.05) is 11.1 Å². The van der Waals surface area contributed by atoms with Crippen molar-refractivity contribution in [1.82, 2.24) is 4.98 Å². The van der Waals surface area contributed by atoms with E-state index in [1.54, 1.807) is 5.38 Å². The summed E-state index contributed by atoms with van der Waals surface area (Å²) in [4.78, 5) is 26.8. The minimum atomic E-state index is -1.14. The molecule has 0 bridgehead atoms. The Labute approximate surface area is 128 Å². The van der Waals surface area contributed by atoms with Gasteiger partial charge in [-0.2, -0.15) is 0 Å². The molecule has 5 nitrogen and oxygen atoms in total. The van der Waals surface area contributed by atoms with E-state index in [9.17, 15) is 14.0 Å². The van der Waals surface area contributed by atoms with Crippen molar-refractivity contribution in [3.8, 4) is 0 Å². The van der Waals surface area contributed by atoms with Crippen molar-refractivity contribution in [3.63, 3.8) is 0 Å². The highest BCUT2D eigenvalue weighted by atomic mass is 32.2. The maximum Gasteiger partial charge on any atom is 0.335 e. The van der Waals surface area contributed by atoms with Gasteiger partial charge in [-0.25, -0.2) is 14.2 Å². The molecule has 0 spiro atoms. The summed E-state index contributed by atoms with van der Waals surface area (Å²) < 4.78 is 13.6. The fourth-order valence-electron chi connectivity index (χ4n) is 1.46. The lowest BCUT2D eigenvalue weighted by Gasteiger charge is -2.04. The Balaban J connectivity index is 1.97. The lowest BCUT2D eigenvalue weighted by atomic mass is 10.2. The largest absolute Gasteiger partial charge is 0.478 e. The molecule has 0 atom stereocenters. The van der Waals surface area contributed by atoms with Crippen LogP contribution in [0, 0.1) is 12.7 Å². The van der Waals surface area contributed by atoms with Crippen LogP contribution in [0.15, 0.2) is 28.5 Å². The van der Waals surface area contributed by atoms with Gasteiger partial charge in [0.05, 0.1) is 17.0 Å². The van der Waals surface area contributed by atoms with Crippen molar-refractivity contribution in [2.24, 2.45) is 0 Å². The quantitative estimate of drug-likeness (QED) is 0.826. The normalized spacial score (nSPS) is 10.4. The molecule has 21 heavy (non-hydrogen) atoms. The summed E-state index contributed by atoms with van der Waals surface area (Å²) in [5.74, 6) is -2.05. The molecule has 1 heterocycles. The molecule has 2 aromatic rings. The molecule has 110 valence electrons. The van der Waals surface area contributed by atoms with E-state index in [0.717, 1.165) is 23.5 Å². The number of thioether (sulfide) groups is 1. The van der Waals surface area contributed by atoms with E-state index in [0.29, 0.717) is 5.13 Å². The molecule has 2 N–H and O–H groups in total. The summed E-state index contributed by atoms with van der Waals surface area (Å²) in [6, 6.07) is 3.47. The lowest BCUT2D eigenvalue weighted by molar-refractivity contribution is -0.113. The number of aromatic nitrogens is 1. The Morgan fingerprint density at radius 3 is 2.86 bits per heavy atom. The molecular weight excluding hydrogens is 315 g/mol. The lowest BCUT2D eigenvalue weighted by Crippen LogP contribution is -2.14. The fourth-order valence-corrected chi connectivity index (χ4v) is 2.94. The first-order valence-electron chi connectivity index (χ1n) is 5.83.